The van der Waals surface area contributed by atoms with E-state index in [1.807, 2.05) is 6.92 Å². The van der Waals surface area contributed by atoms with Gasteiger partial charge in [0, 0.05) is 13.1 Å². The van der Waals surface area contributed by atoms with Gasteiger partial charge in [0.15, 0.2) is 0 Å². The van der Waals surface area contributed by atoms with Crippen LogP contribution < -0.4 is 10.6 Å². The quantitative estimate of drug-likeness (QED) is 0.887. The van der Waals surface area contributed by atoms with E-state index in [1.54, 1.807) is 18.2 Å². The Hall–Kier alpha value is -2.43. The van der Waals surface area contributed by atoms with Crippen LogP contribution in [0.5, 0.6) is 0 Å². The summed E-state index contributed by atoms with van der Waals surface area (Å²) in [5.74, 6) is -1.18. The fraction of sp³-hybridized carbons (Fsp3) is 0.188. The van der Waals surface area contributed by atoms with Crippen LogP contribution in [-0.4, -0.2) is 12.5 Å². The molecular formula is C16H16F2N2O. The molecule has 0 aliphatic heterocycles. The number of amides is 1. The topological polar surface area (TPSA) is 41.1 Å². The van der Waals surface area contributed by atoms with Crippen LogP contribution in [0.25, 0.3) is 0 Å². The van der Waals surface area contributed by atoms with Gasteiger partial charge in [0.1, 0.15) is 11.6 Å². The monoisotopic (exact) mass is 290 g/mol. The summed E-state index contributed by atoms with van der Waals surface area (Å²) in [4.78, 5) is 12.1. The van der Waals surface area contributed by atoms with Gasteiger partial charge in [-0.25, -0.2) is 8.78 Å². The molecule has 5 heteroatoms. The zero-order chi connectivity index (χ0) is 15.2. The molecule has 0 aliphatic carbocycles. The lowest BCUT2D eigenvalue weighted by molar-refractivity contribution is 0.0951. The van der Waals surface area contributed by atoms with Gasteiger partial charge >= 0.3 is 0 Å². The minimum absolute atomic E-state index is 0.191. The molecule has 0 radical (unpaired) electrons. The number of nitrogens with one attached hydrogen (secondary N) is 2. The predicted octanol–water partition coefficient (Wildman–Crippen LogP) is 3.33. The van der Waals surface area contributed by atoms with E-state index in [0.29, 0.717) is 6.54 Å². The van der Waals surface area contributed by atoms with Crippen LogP contribution in [-0.2, 0) is 6.54 Å². The van der Waals surface area contributed by atoms with Gasteiger partial charge in [0.2, 0.25) is 0 Å². The summed E-state index contributed by atoms with van der Waals surface area (Å²) < 4.78 is 26.5. The zero-order valence-electron chi connectivity index (χ0n) is 11.6. The molecule has 0 spiro atoms. The number of hydrogen-bond acceptors (Lipinski definition) is 2. The molecule has 0 heterocycles. The van der Waals surface area contributed by atoms with Crippen LogP contribution in [0.15, 0.2) is 42.5 Å². The maximum absolute atomic E-state index is 13.7. The molecule has 0 fully saturated rings. The summed E-state index contributed by atoms with van der Waals surface area (Å²) in [6, 6.07) is 10.2. The number of anilines is 1. The van der Waals surface area contributed by atoms with Crippen molar-refractivity contribution in [3.05, 3.63) is 65.2 Å². The second-order valence-electron chi connectivity index (χ2n) is 4.50. The second-order valence-corrected chi connectivity index (χ2v) is 4.50. The lowest BCUT2D eigenvalue weighted by Gasteiger charge is -2.12. The van der Waals surface area contributed by atoms with Crippen molar-refractivity contribution in [3.63, 3.8) is 0 Å². The molecule has 0 atom stereocenters. The van der Waals surface area contributed by atoms with E-state index in [1.165, 1.54) is 24.3 Å². The van der Waals surface area contributed by atoms with Crippen molar-refractivity contribution >= 4 is 11.6 Å². The molecule has 0 aliphatic rings. The Morgan fingerprint density at radius 3 is 2.48 bits per heavy atom. The Kier molecular flexibility index (Phi) is 4.87. The molecular weight excluding hydrogens is 274 g/mol. The highest BCUT2D eigenvalue weighted by Gasteiger charge is 2.14. The van der Waals surface area contributed by atoms with Crippen molar-refractivity contribution in [1.82, 2.24) is 5.32 Å². The number of carbonyl (C=O) groups excluding carboxylic acids is 1. The van der Waals surface area contributed by atoms with Crippen LogP contribution >= 0.6 is 0 Å². The van der Waals surface area contributed by atoms with Crippen molar-refractivity contribution < 1.29 is 13.6 Å². The molecule has 2 N–H and O–H groups in total. The van der Waals surface area contributed by atoms with E-state index in [0.717, 1.165) is 5.56 Å². The minimum atomic E-state index is -0.466. The maximum atomic E-state index is 13.7. The third-order valence-electron chi connectivity index (χ3n) is 2.98. The molecule has 0 bridgehead atoms. The first-order valence-corrected chi connectivity index (χ1v) is 6.67. The third-order valence-corrected chi connectivity index (χ3v) is 2.98. The highest BCUT2D eigenvalue weighted by Crippen LogP contribution is 2.19. The van der Waals surface area contributed by atoms with Crippen molar-refractivity contribution in [2.45, 2.75) is 13.5 Å². The summed E-state index contributed by atoms with van der Waals surface area (Å²) in [5.41, 5.74) is 1.21. The second kappa shape index (κ2) is 6.83. The molecule has 0 unspecified atom stereocenters. The Morgan fingerprint density at radius 2 is 1.81 bits per heavy atom. The van der Waals surface area contributed by atoms with Gasteiger partial charge in [0.05, 0.1) is 11.3 Å². The average Bonchev–Trinajstić information content (AvgIpc) is 2.48. The third kappa shape index (κ3) is 3.78. The molecule has 110 valence electrons. The highest BCUT2D eigenvalue weighted by atomic mass is 19.1. The number of benzene rings is 2. The van der Waals surface area contributed by atoms with E-state index in [9.17, 15) is 13.6 Å². The molecule has 0 aromatic heterocycles. The van der Waals surface area contributed by atoms with Gasteiger partial charge in [-0.15, -0.1) is 0 Å². The van der Waals surface area contributed by atoms with E-state index < -0.39 is 5.82 Å². The van der Waals surface area contributed by atoms with E-state index in [-0.39, 0.29) is 29.5 Å². The zero-order valence-corrected chi connectivity index (χ0v) is 11.6. The fourth-order valence-corrected chi connectivity index (χ4v) is 1.95. The summed E-state index contributed by atoms with van der Waals surface area (Å²) in [5, 5.41) is 5.54. The van der Waals surface area contributed by atoms with Crippen LogP contribution in [0.2, 0.25) is 0 Å². The largest absolute Gasteiger partial charge is 0.382 e. The number of rotatable bonds is 5. The number of para-hydroxylation sites is 1. The number of carbonyl (C=O) groups is 1. The molecule has 3 nitrogen and oxygen atoms in total. The molecule has 2 rings (SSSR count). The standard InChI is InChI=1S/C16H16F2N2O/c1-2-19-15-13(4-3-5-14(15)18)16(21)20-10-11-6-8-12(17)9-7-11/h3-9,19H,2,10H2,1H3,(H,20,21). The molecule has 2 aromatic rings. The van der Waals surface area contributed by atoms with Crippen LogP contribution in [0, 0.1) is 11.6 Å². The summed E-state index contributed by atoms with van der Waals surface area (Å²) in [6.45, 7) is 2.59. The lowest BCUT2D eigenvalue weighted by Crippen LogP contribution is -2.24. The summed E-state index contributed by atoms with van der Waals surface area (Å²) in [6.07, 6.45) is 0. The SMILES string of the molecule is CCNc1c(F)cccc1C(=O)NCc1ccc(F)cc1. The van der Waals surface area contributed by atoms with Crippen LogP contribution in [0.1, 0.15) is 22.8 Å². The minimum Gasteiger partial charge on any atom is -0.382 e. The van der Waals surface area contributed by atoms with E-state index in [4.69, 9.17) is 0 Å². The van der Waals surface area contributed by atoms with E-state index in [2.05, 4.69) is 10.6 Å². The van der Waals surface area contributed by atoms with Gasteiger partial charge in [-0.1, -0.05) is 18.2 Å². The Labute approximate surface area is 122 Å². The van der Waals surface area contributed by atoms with Crippen LogP contribution in [0.4, 0.5) is 14.5 Å². The van der Waals surface area contributed by atoms with Crippen molar-refractivity contribution in [3.8, 4) is 0 Å². The first kappa shape index (κ1) is 15.0. The van der Waals surface area contributed by atoms with Crippen molar-refractivity contribution in [1.29, 1.82) is 0 Å². The average molecular weight is 290 g/mol. The van der Waals surface area contributed by atoms with Gasteiger partial charge in [-0.2, -0.15) is 0 Å². The Morgan fingerprint density at radius 1 is 1.10 bits per heavy atom. The van der Waals surface area contributed by atoms with Gasteiger partial charge < -0.3 is 10.6 Å². The van der Waals surface area contributed by atoms with Crippen molar-refractivity contribution in [2.24, 2.45) is 0 Å². The Balaban J connectivity index is 2.10. The first-order chi connectivity index (χ1) is 10.1. The van der Waals surface area contributed by atoms with Gasteiger partial charge in [-0.3, -0.25) is 4.79 Å². The summed E-state index contributed by atoms with van der Waals surface area (Å²) in [7, 11) is 0. The van der Waals surface area contributed by atoms with Crippen molar-refractivity contribution in [2.75, 3.05) is 11.9 Å². The summed E-state index contributed by atoms with van der Waals surface area (Å²) >= 11 is 0. The Bertz CT molecular complexity index is 627. The van der Waals surface area contributed by atoms with Crippen LogP contribution in [0.3, 0.4) is 0 Å². The molecule has 0 saturated carbocycles. The fourth-order valence-electron chi connectivity index (χ4n) is 1.95. The normalized spacial score (nSPS) is 10.2. The molecule has 2 aromatic carbocycles. The lowest BCUT2D eigenvalue weighted by atomic mass is 10.1. The highest BCUT2D eigenvalue weighted by molar-refractivity contribution is 5.99. The van der Waals surface area contributed by atoms with Gasteiger partial charge in [0.25, 0.3) is 5.91 Å². The number of halogens is 2. The molecule has 0 saturated heterocycles. The first-order valence-electron chi connectivity index (χ1n) is 6.67. The number of hydrogen-bond donors (Lipinski definition) is 2. The van der Waals surface area contributed by atoms with E-state index >= 15 is 0 Å². The molecule has 1 amide bonds. The molecule has 21 heavy (non-hydrogen) atoms. The maximum Gasteiger partial charge on any atom is 0.253 e. The predicted molar refractivity (Wildman–Crippen MR) is 78.1 cm³/mol. The smallest absolute Gasteiger partial charge is 0.253 e. The van der Waals surface area contributed by atoms with Gasteiger partial charge in [-0.05, 0) is 36.8 Å².